The zero-order chi connectivity index (χ0) is 8.74. The van der Waals surface area contributed by atoms with Crippen molar-refractivity contribution in [1.82, 2.24) is 0 Å². The molecule has 0 fully saturated rings. The number of allylic oxidation sites excluding steroid dienone is 1. The summed E-state index contributed by atoms with van der Waals surface area (Å²) >= 11 is 0. The monoisotopic (exact) mass is 170 g/mol. The third-order valence-corrected chi connectivity index (χ3v) is 4.76. The minimum atomic E-state index is -0.926. The van der Waals surface area contributed by atoms with E-state index in [0.29, 0.717) is 0 Å². The number of hydrogen-bond acceptors (Lipinski definition) is 0. The van der Waals surface area contributed by atoms with Gasteiger partial charge >= 0.3 is 0 Å². The average Bonchev–Trinajstić information content (AvgIpc) is 1.97. The maximum Gasteiger partial charge on any atom is 0.0713 e. The van der Waals surface area contributed by atoms with Crippen molar-refractivity contribution in [3.8, 4) is 0 Å². The van der Waals surface area contributed by atoms with Crippen LogP contribution in [-0.2, 0) is 0 Å². The van der Waals surface area contributed by atoms with Crippen molar-refractivity contribution in [3.63, 3.8) is 0 Å². The SMILES string of the molecule is CCC=C[Si](C)(C)CCCC. The van der Waals surface area contributed by atoms with Crippen LogP contribution in [-0.4, -0.2) is 8.07 Å². The molecule has 0 saturated carbocycles. The van der Waals surface area contributed by atoms with E-state index in [9.17, 15) is 0 Å². The normalized spacial score (nSPS) is 12.7. The summed E-state index contributed by atoms with van der Waals surface area (Å²) in [6.07, 6.45) is 6.29. The zero-order valence-electron chi connectivity index (χ0n) is 8.48. The summed E-state index contributed by atoms with van der Waals surface area (Å²) in [5, 5.41) is 0. The first-order chi connectivity index (χ1) is 5.12. The highest BCUT2D eigenvalue weighted by Crippen LogP contribution is 2.14. The Balaban J connectivity index is 3.69. The van der Waals surface area contributed by atoms with E-state index in [1.54, 1.807) is 0 Å². The Labute approximate surface area is 72.7 Å². The van der Waals surface area contributed by atoms with Crippen LogP contribution in [0.15, 0.2) is 11.8 Å². The first-order valence-corrected chi connectivity index (χ1v) is 8.08. The minimum Gasteiger partial charge on any atom is -0.0987 e. The molecule has 0 amide bonds. The van der Waals surface area contributed by atoms with Gasteiger partial charge in [0, 0.05) is 0 Å². The van der Waals surface area contributed by atoms with Crippen LogP contribution in [0.25, 0.3) is 0 Å². The third kappa shape index (κ3) is 6.36. The number of hydrogen-bond donors (Lipinski definition) is 0. The molecule has 0 heterocycles. The van der Waals surface area contributed by atoms with Gasteiger partial charge in [0.15, 0.2) is 0 Å². The lowest BCUT2D eigenvalue weighted by molar-refractivity contribution is 0.870. The molecule has 0 unspecified atom stereocenters. The van der Waals surface area contributed by atoms with Crippen LogP contribution in [0.3, 0.4) is 0 Å². The fourth-order valence-corrected chi connectivity index (χ4v) is 3.46. The second kappa shape index (κ2) is 5.59. The Hall–Kier alpha value is -0.0431. The molecule has 0 aliphatic carbocycles. The zero-order valence-corrected chi connectivity index (χ0v) is 9.48. The van der Waals surface area contributed by atoms with Gasteiger partial charge in [-0.1, -0.05) is 57.6 Å². The largest absolute Gasteiger partial charge is 0.0987 e. The fourth-order valence-electron chi connectivity index (χ4n) is 1.15. The topological polar surface area (TPSA) is 0 Å². The molecule has 0 aromatic carbocycles. The molecule has 0 nitrogen and oxygen atoms in total. The molecule has 0 spiro atoms. The van der Waals surface area contributed by atoms with Gasteiger partial charge in [0.05, 0.1) is 8.07 Å². The van der Waals surface area contributed by atoms with Crippen LogP contribution in [0.2, 0.25) is 19.1 Å². The van der Waals surface area contributed by atoms with Crippen LogP contribution in [0.5, 0.6) is 0 Å². The number of unbranched alkanes of at least 4 members (excludes halogenated alkanes) is 1. The molecule has 0 bridgehead atoms. The highest BCUT2D eigenvalue weighted by molar-refractivity contribution is 6.82. The Kier molecular flexibility index (Phi) is 5.57. The van der Waals surface area contributed by atoms with Gasteiger partial charge in [-0.2, -0.15) is 0 Å². The second-order valence-electron chi connectivity index (χ2n) is 3.90. The summed E-state index contributed by atoms with van der Waals surface area (Å²) in [6, 6.07) is 1.46. The van der Waals surface area contributed by atoms with Crippen molar-refractivity contribution in [2.24, 2.45) is 0 Å². The van der Waals surface area contributed by atoms with Gasteiger partial charge in [-0.3, -0.25) is 0 Å². The Morgan fingerprint density at radius 1 is 1.18 bits per heavy atom. The van der Waals surface area contributed by atoms with Crippen LogP contribution in [0, 0.1) is 0 Å². The molecule has 0 N–H and O–H groups in total. The van der Waals surface area contributed by atoms with E-state index >= 15 is 0 Å². The summed E-state index contributed by atoms with van der Waals surface area (Å²) in [6.45, 7) is 9.39. The molecule has 0 saturated heterocycles. The lowest BCUT2D eigenvalue weighted by atomic mass is 10.4. The van der Waals surface area contributed by atoms with E-state index < -0.39 is 8.07 Å². The molecule has 0 aromatic rings. The fraction of sp³-hybridized carbons (Fsp3) is 0.800. The average molecular weight is 170 g/mol. The molecule has 0 rings (SSSR count). The van der Waals surface area contributed by atoms with Gasteiger partial charge in [0.2, 0.25) is 0 Å². The molecule has 11 heavy (non-hydrogen) atoms. The van der Waals surface area contributed by atoms with Crippen LogP contribution < -0.4 is 0 Å². The predicted octanol–water partition coefficient (Wildman–Crippen LogP) is 4.00. The molecular weight excluding hydrogens is 148 g/mol. The van der Waals surface area contributed by atoms with E-state index in [0.717, 1.165) is 0 Å². The highest BCUT2D eigenvalue weighted by Gasteiger charge is 2.14. The molecule has 0 radical (unpaired) electrons. The predicted molar refractivity (Wildman–Crippen MR) is 56.6 cm³/mol. The maximum absolute atomic E-state index is 2.49. The van der Waals surface area contributed by atoms with E-state index in [-0.39, 0.29) is 0 Å². The summed E-state index contributed by atoms with van der Waals surface area (Å²) in [4.78, 5) is 0. The second-order valence-corrected chi connectivity index (χ2v) is 8.71. The maximum atomic E-state index is 2.49. The van der Waals surface area contributed by atoms with Gasteiger partial charge in [0.1, 0.15) is 0 Å². The molecular formula is C10H22Si. The van der Waals surface area contributed by atoms with Crippen molar-refractivity contribution < 1.29 is 0 Å². The molecule has 1 heteroatoms. The third-order valence-electron chi connectivity index (χ3n) is 1.98. The highest BCUT2D eigenvalue weighted by atomic mass is 28.3. The smallest absolute Gasteiger partial charge is 0.0713 e. The van der Waals surface area contributed by atoms with Crippen molar-refractivity contribution >= 4 is 8.07 Å². The summed E-state index contributed by atoms with van der Waals surface area (Å²) < 4.78 is 0. The molecule has 0 aliphatic rings. The van der Waals surface area contributed by atoms with E-state index in [1.807, 2.05) is 0 Å². The van der Waals surface area contributed by atoms with Gasteiger partial charge < -0.3 is 0 Å². The van der Waals surface area contributed by atoms with E-state index in [2.05, 4.69) is 38.7 Å². The first-order valence-electron chi connectivity index (χ1n) is 4.80. The quantitative estimate of drug-likeness (QED) is 0.547. The van der Waals surface area contributed by atoms with Gasteiger partial charge in [-0.05, 0) is 6.42 Å². The standard InChI is InChI=1S/C10H22Si/c1-5-7-9-11(3,4)10-8-6-2/h7,9H,5-6,8,10H2,1-4H3. The van der Waals surface area contributed by atoms with Gasteiger partial charge in [-0.15, -0.1) is 0 Å². The van der Waals surface area contributed by atoms with Gasteiger partial charge in [-0.25, -0.2) is 0 Å². The van der Waals surface area contributed by atoms with Crippen LogP contribution >= 0.6 is 0 Å². The lowest BCUT2D eigenvalue weighted by Gasteiger charge is -2.16. The lowest BCUT2D eigenvalue weighted by Crippen LogP contribution is -2.21. The molecule has 66 valence electrons. The van der Waals surface area contributed by atoms with Crippen molar-refractivity contribution in [3.05, 3.63) is 11.8 Å². The van der Waals surface area contributed by atoms with Crippen LogP contribution in [0.1, 0.15) is 33.1 Å². The summed E-state index contributed by atoms with van der Waals surface area (Å²) in [5.74, 6) is 0. The summed E-state index contributed by atoms with van der Waals surface area (Å²) in [7, 11) is -0.926. The van der Waals surface area contributed by atoms with Crippen molar-refractivity contribution in [2.45, 2.75) is 52.2 Å². The Morgan fingerprint density at radius 3 is 2.27 bits per heavy atom. The van der Waals surface area contributed by atoms with E-state index in [4.69, 9.17) is 0 Å². The molecule has 0 atom stereocenters. The summed E-state index contributed by atoms with van der Waals surface area (Å²) in [5.41, 5.74) is 2.49. The molecule has 0 aromatic heterocycles. The Bertz CT molecular complexity index is 114. The van der Waals surface area contributed by atoms with E-state index in [1.165, 1.54) is 25.3 Å². The van der Waals surface area contributed by atoms with Crippen LogP contribution in [0.4, 0.5) is 0 Å². The van der Waals surface area contributed by atoms with Gasteiger partial charge in [0.25, 0.3) is 0 Å². The number of rotatable bonds is 5. The molecule has 0 aliphatic heterocycles. The first kappa shape index (κ1) is 11.0. The van der Waals surface area contributed by atoms with Crippen molar-refractivity contribution in [1.29, 1.82) is 0 Å². The Morgan fingerprint density at radius 2 is 1.82 bits per heavy atom. The minimum absolute atomic E-state index is 0.926. The van der Waals surface area contributed by atoms with Crippen molar-refractivity contribution in [2.75, 3.05) is 0 Å².